The molecule has 2 aromatic rings. The van der Waals surface area contributed by atoms with E-state index in [1.807, 2.05) is 6.07 Å². The third-order valence-corrected chi connectivity index (χ3v) is 6.66. The van der Waals surface area contributed by atoms with Crippen molar-refractivity contribution >= 4 is 28.2 Å². The van der Waals surface area contributed by atoms with Crippen LogP contribution in [0.1, 0.15) is 5.56 Å². The number of hydrogen-bond donors (Lipinski definition) is 0. The van der Waals surface area contributed by atoms with Gasteiger partial charge in [0.15, 0.2) is 0 Å². The first-order valence-corrected chi connectivity index (χ1v) is 10.4. The molecule has 0 saturated carbocycles. The van der Waals surface area contributed by atoms with Gasteiger partial charge in [-0.3, -0.25) is 4.21 Å². The van der Waals surface area contributed by atoms with Crippen LogP contribution < -0.4 is 9.64 Å². The summed E-state index contributed by atoms with van der Waals surface area (Å²) in [6.45, 7) is 0.319. The molecule has 1 aliphatic rings. The van der Waals surface area contributed by atoms with Gasteiger partial charge in [0.1, 0.15) is 27.6 Å². The summed E-state index contributed by atoms with van der Waals surface area (Å²) in [6.07, 6.45) is -4.65. The average Bonchev–Trinajstić information content (AvgIpc) is 3.07. The first kappa shape index (κ1) is 21.2. The van der Waals surface area contributed by atoms with Crippen LogP contribution in [0, 0.1) is 17.1 Å². The van der Waals surface area contributed by atoms with Gasteiger partial charge in [0, 0.05) is 17.2 Å². The summed E-state index contributed by atoms with van der Waals surface area (Å²) in [5.74, 6) is -0.190. The van der Waals surface area contributed by atoms with Crippen molar-refractivity contribution in [2.45, 2.75) is 11.1 Å². The van der Waals surface area contributed by atoms with Gasteiger partial charge in [-0.1, -0.05) is 23.9 Å². The number of benzene rings is 2. The van der Waals surface area contributed by atoms with Crippen molar-refractivity contribution in [3.8, 4) is 11.8 Å². The second-order valence-electron chi connectivity index (χ2n) is 5.86. The molecule has 2 aromatic carbocycles. The molecule has 29 heavy (non-hydrogen) atoms. The number of nitrogens with zero attached hydrogens (tertiary/aromatic N) is 2. The van der Waals surface area contributed by atoms with Crippen molar-refractivity contribution < 1.29 is 26.5 Å². The lowest BCUT2D eigenvalue weighted by atomic mass is 10.2. The molecule has 1 fully saturated rings. The maximum Gasteiger partial charge on any atom is 0.416 e. The van der Waals surface area contributed by atoms with Crippen molar-refractivity contribution in [2.75, 3.05) is 24.3 Å². The Balaban J connectivity index is 2.07. The molecule has 0 bridgehead atoms. The van der Waals surface area contributed by atoms with E-state index in [4.69, 9.17) is 4.74 Å². The van der Waals surface area contributed by atoms with Gasteiger partial charge in [0.05, 0.1) is 29.2 Å². The molecule has 10 heteroatoms. The summed E-state index contributed by atoms with van der Waals surface area (Å²) in [4.78, 5) is 1.11. The molecule has 3 rings (SSSR count). The van der Waals surface area contributed by atoms with E-state index in [0.29, 0.717) is 47.9 Å². The predicted octanol–water partition coefficient (Wildman–Crippen LogP) is 4.91. The van der Waals surface area contributed by atoms with Gasteiger partial charge in [-0.25, -0.2) is 4.39 Å². The van der Waals surface area contributed by atoms with Crippen molar-refractivity contribution in [1.82, 2.24) is 0 Å². The normalized spacial score (nSPS) is 18.5. The van der Waals surface area contributed by atoms with E-state index >= 15 is 0 Å². The zero-order valence-corrected chi connectivity index (χ0v) is 16.6. The predicted molar refractivity (Wildman–Crippen MR) is 103 cm³/mol. The van der Waals surface area contributed by atoms with Crippen LogP contribution in [0.15, 0.2) is 57.3 Å². The fourth-order valence-corrected chi connectivity index (χ4v) is 5.23. The average molecular weight is 442 g/mol. The Morgan fingerprint density at radius 2 is 2.00 bits per heavy atom. The van der Waals surface area contributed by atoms with Gasteiger partial charge in [0.2, 0.25) is 0 Å². The van der Waals surface area contributed by atoms with Gasteiger partial charge in [-0.15, -0.1) is 0 Å². The molecule has 1 saturated heterocycles. The smallest absolute Gasteiger partial charge is 0.416 e. The zero-order chi connectivity index (χ0) is 21.2. The molecule has 1 aliphatic heterocycles. The number of nitriles is 1. The molecule has 4 nitrogen and oxygen atoms in total. The first-order valence-electron chi connectivity index (χ1n) is 8.24. The quantitative estimate of drug-likeness (QED) is 0.383. The molecule has 1 atom stereocenters. The van der Waals surface area contributed by atoms with Gasteiger partial charge >= 0.3 is 6.18 Å². The lowest BCUT2D eigenvalue weighted by molar-refractivity contribution is -0.137. The molecule has 0 N–H and O–H groups in total. The Hall–Kier alpha value is -2.51. The van der Waals surface area contributed by atoms with Crippen LogP contribution in [-0.4, -0.2) is 23.6 Å². The van der Waals surface area contributed by atoms with E-state index in [0.717, 1.165) is 0 Å². The Labute approximate surface area is 171 Å². The molecule has 0 amide bonds. The van der Waals surface area contributed by atoms with Crippen molar-refractivity contribution in [2.24, 2.45) is 0 Å². The van der Waals surface area contributed by atoms with Gasteiger partial charge in [-0.2, -0.15) is 18.4 Å². The lowest BCUT2D eigenvalue weighted by Crippen LogP contribution is -2.19. The summed E-state index contributed by atoms with van der Waals surface area (Å²) < 4.78 is 71.0. The molecule has 0 radical (unpaired) electrons. The van der Waals surface area contributed by atoms with Gasteiger partial charge < -0.3 is 9.64 Å². The first-order chi connectivity index (χ1) is 13.8. The largest absolute Gasteiger partial charge is 0.495 e. The van der Waals surface area contributed by atoms with Crippen molar-refractivity contribution in [3.05, 3.63) is 63.8 Å². The van der Waals surface area contributed by atoms with E-state index in [-0.39, 0.29) is 20.6 Å². The van der Waals surface area contributed by atoms with Crippen LogP contribution in [0.25, 0.3) is 0 Å². The Morgan fingerprint density at radius 1 is 1.28 bits per heavy atom. The summed E-state index contributed by atoms with van der Waals surface area (Å²) in [6, 6.07) is 10.7. The van der Waals surface area contributed by atoms with Crippen LogP contribution in [-0.2, 0) is 17.0 Å². The minimum absolute atomic E-state index is 0.124. The van der Waals surface area contributed by atoms with Gasteiger partial charge in [-0.05, 0) is 30.3 Å². The summed E-state index contributed by atoms with van der Waals surface area (Å²) in [7, 11) is -0.107. The third-order valence-electron chi connectivity index (χ3n) is 4.10. The molecule has 0 aromatic heterocycles. The fraction of sp³-hybridized carbons (Fsp3) is 0.211. The number of allylic oxidation sites excluding steroid dienone is 1. The number of para-hydroxylation sites is 2. The van der Waals surface area contributed by atoms with E-state index < -0.39 is 28.4 Å². The summed E-state index contributed by atoms with van der Waals surface area (Å²) >= 11 is 0.526. The maximum absolute atomic E-state index is 14.1. The SMILES string of the molecule is COc1ccccc1N1CCS(=O)/C1=C(/C#N)Sc1cc(C(F)(F)F)ccc1F. The van der Waals surface area contributed by atoms with Crippen molar-refractivity contribution in [3.63, 3.8) is 0 Å². The van der Waals surface area contributed by atoms with Crippen LogP contribution >= 0.6 is 11.8 Å². The van der Waals surface area contributed by atoms with Crippen LogP contribution in [0.5, 0.6) is 5.75 Å². The number of rotatable bonds is 4. The van der Waals surface area contributed by atoms with E-state index in [1.54, 1.807) is 29.2 Å². The minimum Gasteiger partial charge on any atom is -0.495 e. The summed E-state index contributed by atoms with van der Waals surface area (Å²) in [5.41, 5.74) is -0.466. The summed E-state index contributed by atoms with van der Waals surface area (Å²) in [5, 5.41) is 9.73. The Bertz CT molecular complexity index is 1030. The number of thioether (sulfide) groups is 1. The number of hydrogen-bond acceptors (Lipinski definition) is 5. The molecule has 1 heterocycles. The standard InChI is InChI=1S/C19H14F4N2O2S2/c1-27-15-5-3-2-4-14(15)25-8-9-29(26)18(25)17(11-24)28-16-10-12(19(21,22)23)6-7-13(16)20/h2-7,10H,8-9H2,1H3/b18-17-. The molecular weight excluding hydrogens is 428 g/mol. The Morgan fingerprint density at radius 3 is 2.66 bits per heavy atom. The van der Waals surface area contributed by atoms with Crippen molar-refractivity contribution in [1.29, 1.82) is 5.26 Å². The number of methoxy groups -OCH3 is 1. The molecule has 1 unspecified atom stereocenters. The fourth-order valence-electron chi connectivity index (χ4n) is 2.79. The number of ether oxygens (including phenoxy) is 1. The van der Waals surface area contributed by atoms with E-state index in [9.17, 15) is 27.0 Å². The molecule has 0 spiro atoms. The minimum atomic E-state index is -4.65. The molecule has 152 valence electrons. The maximum atomic E-state index is 14.1. The highest BCUT2D eigenvalue weighted by Gasteiger charge is 2.33. The third kappa shape index (κ3) is 4.41. The highest BCUT2D eigenvalue weighted by molar-refractivity contribution is 8.04. The zero-order valence-electron chi connectivity index (χ0n) is 15.0. The number of alkyl halides is 3. The van der Waals surface area contributed by atoms with E-state index in [2.05, 4.69) is 0 Å². The molecular formula is C19H14F4N2O2S2. The molecule has 0 aliphatic carbocycles. The highest BCUT2D eigenvalue weighted by atomic mass is 32.2. The number of anilines is 1. The van der Waals surface area contributed by atoms with Gasteiger partial charge in [0.25, 0.3) is 0 Å². The monoisotopic (exact) mass is 442 g/mol. The topological polar surface area (TPSA) is 53.3 Å². The van der Waals surface area contributed by atoms with Crippen LogP contribution in [0.3, 0.4) is 0 Å². The number of halogens is 4. The highest BCUT2D eigenvalue weighted by Crippen LogP contribution is 2.41. The lowest BCUT2D eigenvalue weighted by Gasteiger charge is -2.22. The van der Waals surface area contributed by atoms with Crippen LogP contribution in [0.4, 0.5) is 23.2 Å². The second kappa shape index (κ2) is 8.47. The van der Waals surface area contributed by atoms with E-state index in [1.165, 1.54) is 7.11 Å². The van der Waals surface area contributed by atoms with Crippen LogP contribution in [0.2, 0.25) is 0 Å². The second-order valence-corrected chi connectivity index (χ2v) is 8.40. The Kier molecular flexibility index (Phi) is 6.19.